The molecule has 0 amide bonds. The summed E-state index contributed by atoms with van der Waals surface area (Å²) in [5, 5.41) is 13.6. The average Bonchev–Trinajstić information content (AvgIpc) is 2.07. The maximum atomic E-state index is 12.2. The van der Waals surface area contributed by atoms with Crippen molar-refractivity contribution in [2.75, 3.05) is 0 Å². The Hall–Kier alpha value is -0.850. The number of ketones is 1. The fourth-order valence-electron chi connectivity index (χ4n) is 1.09. The molecule has 1 rings (SSSR count). The molecule has 0 radical (unpaired) electrons. The van der Waals surface area contributed by atoms with Gasteiger partial charge in [0.05, 0.1) is 4.08 Å². The summed E-state index contributed by atoms with van der Waals surface area (Å²) in [6.45, 7) is 5.72. The highest BCUT2D eigenvalue weighted by molar-refractivity contribution is 8.35. The first-order valence-electron chi connectivity index (χ1n) is 5.22. The fourth-order valence-corrected chi connectivity index (χ4v) is 4.70. The second kappa shape index (κ2) is 7.62. The molecule has 0 aliphatic carbocycles. The molecule has 1 fully saturated rings. The number of Topliss-reactive ketones (excluding diaryl/α,β-unsaturated/α-hetero) is 1. The van der Waals surface area contributed by atoms with E-state index in [0.717, 1.165) is 0 Å². The van der Waals surface area contributed by atoms with E-state index in [1.807, 2.05) is 0 Å². The van der Waals surface area contributed by atoms with Crippen LogP contribution in [0.3, 0.4) is 0 Å². The lowest BCUT2D eigenvalue weighted by Gasteiger charge is -2.51. The van der Waals surface area contributed by atoms with Crippen LogP contribution in [0.4, 0.5) is 26.3 Å². The molecule has 0 aromatic heterocycles. The molecule has 13 heteroatoms. The molecular formula is C9H13F6NO4S2. The second-order valence-corrected chi connectivity index (χ2v) is 8.55. The largest absolute Gasteiger partial charge is 0.421 e. The van der Waals surface area contributed by atoms with Crippen molar-refractivity contribution in [1.29, 1.82) is 0 Å². The molecule has 0 spiro atoms. The standard InChI is InChI=1S/C6H6F6S2.C3H6O.HNO3/c1-3(2)13-4(14-3,5(7,8)9)6(10,11)12;1-3(2)4;2-1(3)4/h1-2H3;1-2H3;(H,2,3,4). The van der Waals surface area contributed by atoms with Crippen molar-refractivity contribution in [1.82, 2.24) is 0 Å². The number of hydrogen-bond acceptors (Lipinski definition) is 5. The first-order chi connectivity index (χ1) is 9.38. The molecule has 1 aliphatic rings. The van der Waals surface area contributed by atoms with Crippen LogP contribution in [-0.2, 0) is 4.79 Å². The Morgan fingerprint density at radius 2 is 1.23 bits per heavy atom. The van der Waals surface area contributed by atoms with Crippen LogP contribution in [0.1, 0.15) is 27.7 Å². The molecule has 0 bridgehead atoms. The molecule has 5 nitrogen and oxygen atoms in total. The summed E-state index contributed by atoms with van der Waals surface area (Å²) < 4.78 is 68.7. The average molecular weight is 377 g/mol. The normalized spacial score (nSPS) is 18.6. The number of alkyl halides is 6. The van der Waals surface area contributed by atoms with Crippen molar-refractivity contribution in [2.24, 2.45) is 0 Å². The zero-order valence-corrected chi connectivity index (χ0v) is 13.3. The van der Waals surface area contributed by atoms with Gasteiger partial charge in [-0.1, -0.05) is 0 Å². The summed E-state index contributed by atoms with van der Waals surface area (Å²) in [6, 6.07) is 0. The third-order valence-corrected chi connectivity index (χ3v) is 5.01. The topological polar surface area (TPSA) is 80.4 Å². The minimum absolute atomic E-state index is 0.0949. The van der Waals surface area contributed by atoms with Crippen molar-refractivity contribution in [2.45, 2.75) is 48.2 Å². The van der Waals surface area contributed by atoms with Crippen LogP contribution >= 0.6 is 23.5 Å². The molecule has 0 atom stereocenters. The third kappa shape index (κ3) is 7.42. The number of carbonyl (C=O) groups excluding carboxylic acids is 1. The molecule has 22 heavy (non-hydrogen) atoms. The van der Waals surface area contributed by atoms with Gasteiger partial charge in [-0.3, -0.25) is 0 Å². The molecule has 1 heterocycles. The van der Waals surface area contributed by atoms with Gasteiger partial charge >= 0.3 is 12.4 Å². The number of nitrogens with zero attached hydrogens (tertiary/aromatic N) is 1. The van der Waals surface area contributed by atoms with Crippen molar-refractivity contribution in [3.05, 3.63) is 10.1 Å². The van der Waals surface area contributed by atoms with E-state index in [9.17, 15) is 31.1 Å². The van der Waals surface area contributed by atoms with Gasteiger partial charge in [-0.15, -0.1) is 33.6 Å². The van der Waals surface area contributed by atoms with E-state index in [2.05, 4.69) is 0 Å². The Labute approximate surface area is 129 Å². The van der Waals surface area contributed by atoms with E-state index in [4.69, 9.17) is 15.3 Å². The molecule has 1 aliphatic heterocycles. The highest BCUT2D eigenvalue weighted by Gasteiger charge is 2.79. The number of rotatable bonds is 0. The Kier molecular flexibility index (Phi) is 8.11. The van der Waals surface area contributed by atoms with Crippen LogP contribution in [0.15, 0.2) is 0 Å². The van der Waals surface area contributed by atoms with Crippen LogP contribution in [0.25, 0.3) is 0 Å². The Morgan fingerprint density at radius 3 is 1.27 bits per heavy atom. The summed E-state index contributed by atoms with van der Waals surface area (Å²) in [5.74, 6) is 0.167. The SMILES string of the molecule is CC(C)=O.CC1(C)SC(C(F)(F)F)(C(F)(F)F)S1.O=[N+]([O-])O. The molecule has 1 N–H and O–H groups in total. The number of thioether (sulfide) groups is 2. The number of hydrogen-bond donors (Lipinski definition) is 1. The Balaban J connectivity index is 0. The van der Waals surface area contributed by atoms with E-state index in [-0.39, 0.29) is 29.3 Å². The molecule has 1 saturated heterocycles. The van der Waals surface area contributed by atoms with E-state index in [0.29, 0.717) is 0 Å². The van der Waals surface area contributed by atoms with Gasteiger partial charge in [0.1, 0.15) is 5.78 Å². The van der Waals surface area contributed by atoms with Crippen molar-refractivity contribution in [3.63, 3.8) is 0 Å². The molecule has 0 aromatic carbocycles. The highest BCUT2D eigenvalue weighted by Crippen LogP contribution is 2.74. The van der Waals surface area contributed by atoms with Crippen LogP contribution in [0.2, 0.25) is 0 Å². The third-order valence-electron chi connectivity index (χ3n) is 1.53. The smallest absolute Gasteiger partial charge is 0.328 e. The Bertz CT molecular complexity index is 366. The minimum atomic E-state index is -5.27. The zero-order chi connectivity index (χ0) is 18.6. The number of carbonyl (C=O) groups is 1. The first kappa shape index (κ1) is 23.4. The first-order valence-corrected chi connectivity index (χ1v) is 6.85. The van der Waals surface area contributed by atoms with Crippen LogP contribution in [-0.4, -0.2) is 36.6 Å². The van der Waals surface area contributed by atoms with Gasteiger partial charge in [0.15, 0.2) is 0 Å². The van der Waals surface area contributed by atoms with E-state index >= 15 is 0 Å². The summed E-state index contributed by atoms with van der Waals surface area (Å²) in [4.78, 5) is 17.8. The monoisotopic (exact) mass is 377 g/mol. The summed E-state index contributed by atoms with van der Waals surface area (Å²) in [6.07, 6.45) is -10.5. The maximum absolute atomic E-state index is 12.2. The van der Waals surface area contributed by atoms with Gasteiger partial charge in [0.2, 0.25) is 0 Å². The quantitative estimate of drug-likeness (QED) is 0.386. The molecule has 0 aromatic rings. The Morgan fingerprint density at radius 1 is 1.05 bits per heavy atom. The van der Waals surface area contributed by atoms with Gasteiger partial charge < -0.3 is 10.0 Å². The molecular weight excluding hydrogens is 364 g/mol. The minimum Gasteiger partial charge on any atom is -0.328 e. The maximum Gasteiger partial charge on any atom is 0.421 e. The van der Waals surface area contributed by atoms with Gasteiger partial charge in [0.25, 0.3) is 9.17 Å². The summed E-state index contributed by atoms with van der Waals surface area (Å²) in [5.41, 5.74) is 0. The van der Waals surface area contributed by atoms with Crippen LogP contribution in [0.5, 0.6) is 0 Å². The lowest BCUT2D eigenvalue weighted by atomic mass is 10.4. The molecule has 132 valence electrons. The van der Waals surface area contributed by atoms with Crippen LogP contribution in [0, 0.1) is 10.1 Å². The van der Waals surface area contributed by atoms with Crippen LogP contribution < -0.4 is 0 Å². The highest BCUT2D eigenvalue weighted by atomic mass is 32.3. The van der Waals surface area contributed by atoms with Gasteiger partial charge in [-0.05, 0) is 27.7 Å². The predicted molar refractivity (Wildman–Crippen MR) is 69.2 cm³/mol. The lowest BCUT2D eigenvalue weighted by molar-refractivity contribution is -0.742. The van der Waals surface area contributed by atoms with Crippen molar-refractivity contribution in [3.8, 4) is 0 Å². The predicted octanol–water partition coefficient (Wildman–Crippen LogP) is 4.27. The van der Waals surface area contributed by atoms with E-state index in [1.54, 1.807) is 0 Å². The molecule has 0 unspecified atom stereocenters. The molecule has 0 saturated carbocycles. The van der Waals surface area contributed by atoms with Crippen molar-refractivity contribution >= 4 is 29.3 Å². The summed E-state index contributed by atoms with van der Waals surface area (Å²) >= 11 is -0.190. The second-order valence-electron chi connectivity index (χ2n) is 4.36. The number of halogens is 6. The van der Waals surface area contributed by atoms with Gasteiger partial charge in [-0.25, -0.2) is 0 Å². The van der Waals surface area contributed by atoms with E-state index in [1.165, 1.54) is 27.7 Å². The van der Waals surface area contributed by atoms with Crippen molar-refractivity contribution < 1.29 is 41.4 Å². The van der Waals surface area contributed by atoms with E-state index < -0.39 is 25.6 Å². The zero-order valence-electron chi connectivity index (χ0n) is 11.7. The summed E-state index contributed by atoms with van der Waals surface area (Å²) in [7, 11) is 0. The lowest BCUT2D eigenvalue weighted by Crippen LogP contribution is -2.60. The van der Waals surface area contributed by atoms with Gasteiger partial charge in [-0.2, -0.15) is 26.3 Å². The van der Waals surface area contributed by atoms with Gasteiger partial charge in [0, 0.05) is 0 Å². The fraction of sp³-hybridized carbons (Fsp3) is 0.889.